The van der Waals surface area contributed by atoms with E-state index in [2.05, 4.69) is 10.5 Å². The van der Waals surface area contributed by atoms with E-state index in [0.717, 1.165) is 16.7 Å². The van der Waals surface area contributed by atoms with Gasteiger partial charge in [-0.15, -0.1) is 0 Å². The highest BCUT2D eigenvalue weighted by atomic mass is 35.5. The van der Waals surface area contributed by atoms with Crippen molar-refractivity contribution in [3.8, 4) is 11.5 Å². The standard InChI is InChI=1S/C23H29ClN2O3/c1-22(2,3)16-11-15(12-17(21(16)28)23(4,5)6)13-25-26-20(27)14-29-19-10-8-7-9-18(19)24/h7-13,28H,14H2,1-6H3,(H,26,27)/b25-13-. The third-order valence-corrected chi connectivity index (χ3v) is 4.66. The Bertz CT molecular complexity index is 874. The Morgan fingerprint density at radius 3 is 2.17 bits per heavy atom. The molecule has 0 aliphatic rings. The van der Waals surface area contributed by atoms with Crippen molar-refractivity contribution in [2.75, 3.05) is 6.61 Å². The molecule has 29 heavy (non-hydrogen) atoms. The van der Waals surface area contributed by atoms with Crippen molar-refractivity contribution < 1.29 is 14.6 Å². The predicted octanol–water partition coefficient (Wildman–Crippen LogP) is 5.17. The van der Waals surface area contributed by atoms with Gasteiger partial charge in [0.1, 0.15) is 11.5 Å². The van der Waals surface area contributed by atoms with Crippen LogP contribution in [0, 0.1) is 0 Å². The molecule has 0 atom stereocenters. The number of hydrogen-bond donors (Lipinski definition) is 2. The first kappa shape index (κ1) is 22.8. The van der Waals surface area contributed by atoms with E-state index >= 15 is 0 Å². The Labute approximate surface area is 177 Å². The van der Waals surface area contributed by atoms with Gasteiger partial charge in [0.2, 0.25) is 0 Å². The van der Waals surface area contributed by atoms with E-state index in [1.165, 1.54) is 0 Å². The summed E-state index contributed by atoms with van der Waals surface area (Å²) in [5.41, 5.74) is 4.44. The van der Waals surface area contributed by atoms with Crippen molar-refractivity contribution in [3.05, 3.63) is 58.1 Å². The number of rotatable bonds is 5. The molecule has 0 aromatic heterocycles. The van der Waals surface area contributed by atoms with Gasteiger partial charge in [-0.25, -0.2) is 5.43 Å². The lowest BCUT2D eigenvalue weighted by Gasteiger charge is -2.27. The fraction of sp³-hybridized carbons (Fsp3) is 0.391. The van der Waals surface area contributed by atoms with Gasteiger partial charge in [0.25, 0.3) is 5.91 Å². The second kappa shape index (κ2) is 8.87. The number of amides is 1. The van der Waals surface area contributed by atoms with Crippen molar-refractivity contribution in [1.29, 1.82) is 0 Å². The zero-order valence-corrected chi connectivity index (χ0v) is 18.6. The predicted molar refractivity (Wildman–Crippen MR) is 118 cm³/mol. The maximum Gasteiger partial charge on any atom is 0.277 e. The van der Waals surface area contributed by atoms with Gasteiger partial charge in [-0.05, 0) is 40.7 Å². The Kier molecular flexibility index (Phi) is 6.96. The minimum Gasteiger partial charge on any atom is -0.507 e. The summed E-state index contributed by atoms with van der Waals surface area (Å²) < 4.78 is 5.39. The lowest BCUT2D eigenvalue weighted by atomic mass is 9.78. The highest BCUT2D eigenvalue weighted by Crippen LogP contribution is 2.39. The smallest absolute Gasteiger partial charge is 0.277 e. The molecule has 0 bridgehead atoms. The van der Waals surface area contributed by atoms with Gasteiger partial charge in [0.15, 0.2) is 6.61 Å². The number of nitrogens with one attached hydrogen (secondary N) is 1. The largest absolute Gasteiger partial charge is 0.507 e. The molecule has 0 spiro atoms. The molecule has 0 heterocycles. The quantitative estimate of drug-likeness (QED) is 0.521. The van der Waals surface area contributed by atoms with Crippen molar-refractivity contribution in [2.24, 2.45) is 5.10 Å². The average molecular weight is 417 g/mol. The van der Waals surface area contributed by atoms with E-state index in [1.807, 2.05) is 53.7 Å². The van der Waals surface area contributed by atoms with E-state index < -0.39 is 5.91 Å². The van der Waals surface area contributed by atoms with Gasteiger partial charge in [-0.3, -0.25) is 4.79 Å². The van der Waals surface area contributed by atoms with Crippen LogP contribution in [0.3, 0.4) is 0 Å². The molecule has 6 heteroatoms. The van der Waals surface area contributed by atoms with Crippen LogP contribution in [-0.4, -0.2) is 23.8 Å². The number of hydrazone groups is 1. The Balaban J connectivity index is 2.13. The summed E-state index contributed by atoms with van der Waals surface area (Å²) in [6.45, 7) is 12.1. The third kappa shape index (κ3) is 6.23. The number of ether oxygens (including phenoxy) is 1. The number of halogens is 1. The van der Waals surface area contributed by atoms with Gasteiger partial charge >= 0.3 is 0 Å². The number of para-hydroxylation sites is 1. The third-order valence-electron chi connectivity index (χ3n) is 4.35. The summed E-state index contributed by atoms with van der Waals surface area (Å²) in [4.78, 5) is 12.0. The first-order valence-corrected chi connectivity index (χ1v) is 9.84. The molecule has 2 rings (SSSR count). The van der Waals surface area contributed by atoms with E-state index in [9.17, 15) is 9.90 Å². The average Bonchev–Trinajstić information content (AvgIpc) is 2.60. The SMILES string of the molecule is CC(C)(C)c1cc(/C=N\NC(=O)COc2ccccc2Cl)cc(C(C)(C)C)c1O. The number of nitrogens with zero attached hydrogens (tertiary/aromatic N) is 1. The van der Waals surface area contributed by atoms with Crippen LogP contribution in [0.4, 0.5) is 0 Å². The van der Waals surface area contributed by atoms with Gasteiger partial charge in [0.05, 0.1) is 11.2 Å². The summed E-state index contributed by atoms with van der Waals surface area (Å²) in [6, 6.07) is 10.7. The van der Waals surface area contributed by atoms with Crippen molar-refractivity contribution >= 4 is 23.7 Å². The lowest BCUT2D eigenvalue weighted by molar-refractivity contribution is -0.123. The highest BCUT2D eigenvalue weighted by molar-refractivity contribution is 6.32. The fourth-order valence-corrected chi connectivity index (χ4v) is 2.98. The Morgan fingerprint density at radius 2 is 1.66 bits per heavy atom. The van der Waals surface area contributed by atoms with Gasteiger partial charge < -0.3 is 9.84 Å². The lowest BCUT2D eigenvalue weighted by Crippen LogP contribution is -2.24. The van der Waals surface area contributed by atoms with Crippen molar-refractivity contribution in [2.45, 2.75) is 52.4 Å². The molecular formula is C23H29ClN2O3. The van der Waals surface area contributed by atoms with Crippen LogP contribution in [0.1, 0.15) is 58.2 Å². The molecule has 156 valence electrons. The van der Waals surface area contributed by atoms with Gasteiger partial charge in [-0.1, -0.05) is 65.3 Å². The molecule has 0 unspecified atom stereocenters. The zero-order valence-electron chi connectivity index (χ0n) is 17.8. The first-order valence-electron chi connectivity index (χ1n) is 9.47. The van der Waals surface area contributed by atoms with Crippen molar-refractivity contribution in [1.82, 2.24) is 5.43 Å². The van der Waals surface area contributed by atoms with Crippen LogP contribution < -0.4 is 10.2 Å². The number of carbonyl (C=O) groups is 1. The first-order chi connectivity index (χ1) is 13.4. The normalized spacial score (nSPS) is 12.2. The van der Waals surface area contributed by atoms with Crippen LogP contribution >= 0.6 is 11.6 Å². The molecule has 0 saturated heterocycles. The minimum absolute atomic E-state index is 0.197. The molecule has 0 fully saturated rings. The number of carbonyl (C=O) groups excluding carboxylic acids is 1. The van der Waals surface area contributed by atoms with Crippen LogP contribution in [0.25, 0.3) is 0 Å². The second-order valence-corrected chi connectivity index (χ2v) is 9.38. The maximum absolute atomic E-state index is 12.0. The molecule has 2 N–H and O–H groups in total. The molecule has 2 aromatic carbocycles. The molecule has 5 nitrogen and oxygen atoms in total. The van der Waals surface area contributed by atoms with Gasteiger partial charge in [0, 0.05) is 11.1 Å². The van der Waals surface area contributed by atoms with Crippen LogP contribution in [0.15, 0.2) is 41.5 Å². The molecule has 0 radical (unpaired) electrons. The van der Waals surface area contributed by atoms with Gasteiger partial charge in [-0.2, -0.15) is 5.10 Å². The molecule has 0 aliphatic carbocycles. The minimum atomic E-state index is -0.396. The summed E-state index contributed by atoms with van der Waals surface area (Å²) in [6.07, 6.45) is 1.57. The highest BCUT2D eigenvalue weighted by Gasteiger charge is 2.26. The Morgan fingerprint density at radius 1 is 1.10 bits per heavy atom. The summed E-state index contributed by atoms with van der Waals surface area (Å²) in [5.74, 6) is 0.350. The van der Waals surface area contributed by atoms with Crippen molar-refractivity contribution in [3.63, 3.8) is 0 Å². The van der Waals surface area contributed by atoms with Crippen LogP contribution in [-0.2, 0) is 15.6 Å². The summed E-state index contributed by atoms with van der Waals surface area (Å²) >= 11 is 6.00. The molecular weight excluding hydrogens is 388 g/mol. The number of phenolic OH excluding ortho intramolecular Hbond substituents is 1. The van der Waals surface area contributed by atoms with Crippen LogP contribution in [0.2, 0.25) is 5.02 Å². The maximum atomic E-state index is 12.0. The van der Waals surface area contributed by atoms with E-state index in [-0.39, 0.29) is 17.4 Å². The number of aromatic hydroxyl groups is 1. The summed E-state index contributed by atoms with van der Waals surface area (Å²) in [7, 11) is 0. The molecule has 0 aliphatic heterocycles. The molecule has 2 aromatic rings. The van der Waals surface area contributed by atoms with E-state index in [0.29, 0.717) is 16.5 Å². The molecule has 1 amide bonds. The number of benzene rings is 2. The molecule has 0 saturated carbocycles. The second-order valence-electron chi connectivity index (χ2n) is 8.98. The monoisotopic (exact) mass is 416 g/mol. The van der Waals surface area contributed by atoms with Crippen LogP contribution in [0.5, 0.6) is 11.5 Å². The van der Waals surface area contributed by atoms with E-state index in [4.69, 9.17) is 16.3 Å². The number of hydrogen-bond acceptors (Lipinski definition) is 4. The topological polar surface area (TPSA) is 70.9 Å². The Hall–Kier alpha value is -2.53. The fourth-order valence-electron chi connectivity index (χ4n) is 2.79. The number of phenols is 1. The van der Waals surface area contributed by atoms with E-state index in [1.54, 1.807) is 30.5 Å². The zero-order chi connectivity index (χ0) is 21.8. The summed E-state index contributed by atoms with van der Waals surface area (Å²) in [5, 5.41) is 15.2.